The van der Waals surface area contributed by atoms with Crippen LogP contribution in [0.4, 0.5) is 0 Å². The molecule has 0 amide bonds. The summed E-state index contributed by atoms with van der Waals surface area (Å²) < 4.78 is 0. The summed E-state index contributed by atoms with van der Waals surface area (Å²) in [6.07, 6.45) is 2.34. The van der Waals surface area contributed by atoms with E-state index in [0.717, 1.165) is 6.42 Å². The summed E-state index contributed by atoms with van der Waals surface area (Å²) in [5.41, 5.74) is 4.18. The molecule has 1 aliphatic carbocycles. The third-order valence-electron chi connectivity index (χ3n) is 2.45. The van der Waals surface area contributed by atoms with Crippen molar-refractivity contribution in [2.75, 3.05) is 0 Å². The van der Waals surface area contributed by atoms with Crippen molar-refractivity contribution >= 4 is 17.5 Å². The minimum Gasteiger partial charge on any atom is -0.143 e. The van der Waals surface area contributed by atoms with E-state index in [1.54, 1.807) is 0 Å². The van der Waals surface area contributed by atoms with Gasteiger partial charge < -0.3 is 0 Å². The number of allylic oxidation sites excluding steroid dienone is 1. The second kappa shape index (κ2) is 2.98. The van der Waals surface area contributed by atoms with Crippen LogP contribution in [-0.4, -0.2) is 0 Å². The standard InChI is InChI=1S/C11H12S/c1-8-6-7-9-4-2-3-5-10(9)11(8)12/h2-5,12H,6-7H2,1H3. The molecule has 1 aromatic carbocycles. The number of rotatable bonds is 0. The van der Waals surface area contributed by atoms with Crippen molar-refractivity contribution in [2.24, 2.45) is 0 Å². The van der Waals surface area contributed by atoms with Crippen LogP contribution < -0.4 is 0 Å². The summed E-state index contributed by atoms with van der Waals surface area (Å²) in [6, 6.07) is 8.52. The van der Waals surface area contributed by atoms with Crippen molar-refractivity contribution in [3.63, 3.8) is 0 Å². The molecule has 0 bridgehead atoms. The first-order chi connectivity index (χ1) is 5.79. The SMILES string of the molecule is CC1=C(S)c2ccccc2CC1. The molecule has 0 spiro atoms. The molecule has 0 nitrogen and oxygen atoms in total. The Morgan fingerprint density at radius 2 is 1.92 bits per heavy atom. The van der Waals surface area contributed by atoms with Gasteiger partial charge in [-0.2, -0.15) is 0 Å². The second-order valence-electron chi connectivity index (χ2n) is 3.29. The van der Waals surface area contributed by atoms with Gasteiger partial charge in [-0.3, -0.25) is 0 Å². The van der Waals surface area contributed by atoms with Crippen LogP contribution in [0.25, 0.3) is 4.91 Å². The number of benzene rings is 1. The van der Waals surface area contributed by atoms with E-state index in [1.165, 1.54) is 28.0 Å². The van der Waals surface area contributed by atoms with Crippen molar-refractivity contribution in [1.82, 2.24) is 0 Å². The number of thiol groups is 1. The highest BCUT2D eigenvalue weighted by molar-refractivity contribution is 7.90. The van der Waals surface area contributed by atoms with Gasteiger partial charge in [-0.05, 0) is 30.9 Å². The highest BCUT2D eigenvalue weighted by Gasteiger charge is 2.12. The molecule has 62 valence electrons. The van der Waals surface area contributed by atoms with E-state index in [9.17, 15) is 0 Å². The first-order valence-electron chi connectivity index (χ1n) is 4.26. The lowest BCUT2D eigenvalue weighted by Crippen LogP contribution is -1.99. The molecule has 12 heavy (non-hydrogen) atoms. The zero-order chi connectivity index (χ0) is 8.55. The van der Waals surface area contributed by atoms with Gasteiger partial charge in [0.1, 0.15) is 0 Å². The maximum atomic E-state index is 4.52. The molecule has 0 aromatic heterocycles. The highest BCUT2D eigenvalue weighted by Crippen LogP contribution is 2.32. The molecule has 1 heteroatoms. The Bertz CT molecular complexity index is 337. The molecule has 0 fully saturated rings. The molecular weight excluding hydrogens is 164 g/mol. The Kier molecular flexibility index (Phi) is 1.97. The van der Waals surface area contributed by atoms with Crippen LogP contribution in [-0.2, 0) is 6.42 Å². The van der Waals surface area contributed by atoms with Gasteiger partial charge in [-0.15, -0.1) is 12.6 Å². The quantitative estimate of drug-likeness (QED) is 0.576. The number of aryl methyl sites for hydroxylation is 1. The van der Waals surface area contributed by atoms with Gasteiger partial charge in [-0.1, -0.05) is 29.8 Å². The molecule has 0 N–H and O–H groups in total. The molecule has 0 heterocycles. The van der Waals surface area contributed by atoms with E-state index >= 15 is 0 Å². The molecule has 2 rings (SSSR count). The molecule has 0 aliphatic heterocycles. The van der Waals surface area contributed by atoms with Crippen molar-refractivity contribution in [2.45, 2.75) is 19.8 Å². The topological polar surface area (TPSA) is 0 Å². The fourth-order valence-electron chi connectivity index (χ4n) is 1.64. The van der Waals surface area contributed by atoms with Gasteiger partial charge in [-0.25, -0.2) is 0 Å². The molecule has 0 radical (unpaired) electrons. The molecule has 0 saturated carbocycles. The third-order valence-corrected chi connectivity index (χ3v) is 3.07. The van der Waals surface area contributed by atoms with Gasteiger partial charge in [0.25, 0.3) is 0 Å². The molecule has 1 aromatic rings. The van der Waals surface area contributed by atoms with Crippen LogP contribution in [0.2, 0.25) is 0 Å². The summed E-state index contributed by atoms with van der Waals surface area (Å²) in [5, 5.41) is 0. The Morgan fingerprint density at radius 1 is 1.17 bits per heavy atom. The minimum atomic E-state index is 1.16. The molecular formula is C11H12S. The van der Waals surface area contributed by atoms with Crippen LogP contribution in [0.1, 0.15) is 24.5 Å². The van der Waals surface area contributed by atoms with Crippen LogP contribution >= 0.6 is 12.6 Å². The van der Waals surface area contributed by atoms with Gasteiger partial charge in [0.2, 0.25) is 0 Å². The third kappa shape index (κ3) is 1.18. The van der Waals surface area contributed by atoms with Gasteiger partial charge >= 0.3 is 0 Å². The Balaban J connectivity index is 2.59. The predicted molar refractivity (Wildman–Crippen MR) is 56.3 cm³/mol. The largest absolute Gasteiger partial charge is 0.143 e. The van der Waals surface area contributed by atoms with Crippen LogP contribution in [0.15, 0.2) is 29.8 Å². The summed E-state index contributed by atoms with van der Waals surface area (Å²) >= 11 is 4.52. The van der Waals surface area contributed by atoms with E-state index in [2.05, 4.69) is 43.8 Å². The summed E-state index contributed by atoms with van der Waals surface area (Å²) in [7, 11) is 0. The number of hydrogen-bond donors (Lipinski definition) is 1. The Morgan fingerprint density at radius 3 is 2.75 bits per heavy atom. The van der Waals surface area contributed by atoms with E-state index in [0.29, 0.717) is 0 Å². The maximum Gasteiger partial charge on any atom is 0.0105 e. The fraction of sp³-hybridized carbons (Fsp3) is 0.273. The average Bonchev–Trinajstić information content (AvgIpc) is 2.12. The van der Waals surface area contributed by atoms with E-state index in [-0.39, 0.29) is 0 Å². The molecule has 0 saturated heterocycles. The number of hydrogen-bond acceptors (Lipinski definition) is 1. The lowest BCUT2D eigenvalue weighted by Gasteiger charge is -2.17. The van der Waals surface area contributed by atoms with Crippen molar-refractivity contribution in [1.29, 1.82) is 0 Å². The lowest BCUT2D eigenvalue weighted by atomic mass is 9.93. The highest BCUT2D eigenvalue weighted by atomic mass is 32.1. The first kappa shape index (κ1) is 7.93. The van der Waals surface area contributed by atoms with Gasteiger partial charge in [0.05, 0.1) is 0 Å². The van der Waals surface area contributed by atoms with Gasteiger partial charge in [0, 0.05) is 4.91 Å². The van der Waals surface area contributed by atoms with Crippen LogP contribution in [0, 0.1) is 0 Å². The fourth-order valence-corrected chi connectivity index (χ4v) is 1.97. The zero-order valence-corrected chi connectivity index (χ0v) is 8.07. The summed E-state index contributed by atoms with van der Waals surface area (Å²) in [4.78, 5) is 1.18. The van der Waals surface area contributed by atoms with Crippen molar-refractivity contribution in [3.05, 3.63) is 41.0 Å². The van der Waals surface area contributed by atoms with E-state index in [4.69, 9.17) is 0 Å². The van der Waals surface area contributed by atoms with E-state index in [1.807, 2.05) is 0 Å². The number of fused-ring (bicyclic) bond motifs is 1. The predicted octanol–water partition coefficient (Wildman–Crippen LogP) is 3.29. The smallest absolute Gasteiger partial charge is 0.0105 e. The second-order valence-corrected chi connectivity index (χ2v) is 3.73. The van der Waals surface area contributed by atoms with Gasteiger partial charge in [0.15, 0.2) is 0 Å². The first-order valence-corrected chi connectivity index (χ1v) is 4.71. The van der Waals surface area contributed by atoms with Crippen molar-refractivity contribution < 1.29 is 0 Å². The molecule has 0 atom stereocenters. The molecule has 1 aliphatic rings. The monoisotopic (exact) mass is 176 g/mol. The lowest BCUT2D eigenvalue weighted by molar-refractivity contribution is 0.925. The van der Waals surface area contributed by atoms with Crippen LogP contribution in [0.5, 0.6) is 0 Å². The maximum absolute atomic E-state index is 4.52. The van der Waals surface area contributed by atoms with Crippen molar-refractivity contribution in [3.8, 4) is 0 Å². The Hall–Kier alpha value is -0.690. The molecule has 0 unspecified atom stereocenters. The average molecular weight is 176 g/mol. The van der Waals surface area contributed by atoms with Crippen LogP contribution in [0.3, 0.4) is 0 Å². The summed E-state index contributed by atoms with van der Waals surface area (Å²) in [5.74, 6) is 0. The normalized spacial score (nSPS) is 16.2. The zero-order valence-electron chi connectivity index (χ0n) is 7.17. The summed E-state index contributed by atoms with van der Waals surface area (Å²) in [6.45, 7) is 2.16. The van der Waals surface area contributed by atoms with E-state index < -0.39 is 0 Å². The Labute approximate surface area is 78.7 Å². The minimum absolute atomic E-state index is 1.16.